The van der Waals surface area contributed by atoms with Crippen LogP contribution in [0.3, 0.4) is 0 Å². The Morgan fingerprint density at radius 3 is 2.19 bits per heavy atom. The molecule has 0 bridgehead atoms. The summed E-state index contributed by atoms with van der Waals surface area (Å²) in [6, 6.07) is 22.6. The molecule has 162 valence electrons. The quantitative estimate of drug-likeness (QED) is 0.523. The molecule has 0 aromatic heterocycles. The number of nitrogens with one attached hydrogen (secondary N) is 2. The summed E-state index contributed by atoms with van der Waals surface area (Å²) < 4.78 is 32.6. The van der Waals surface area contributed by atoms with E-state index in [1.807, 2.05) is 25.1 Å². The van der Waals surface area contributed by atoms with Crippen molar-refractivity contribution in [3.05, 3.63) is 90.0 Å². The van der Waals surface area contributed by atoms with Crippen molar-refractivity contribution in [3.8, 4) is 5.75 Å². The molecule has 0 saturated heterocycles. The number of anilines is 1. The van der Waals surface area contributed by atoms with Gasteiger partial charge in [0.25, 0.3) is 15.9 Å². The SMILES string of the molecule is COc1ccc(S(=O)(=O)Nc2ccc(C(=O)N[C@@H](C)CCc3ccccc3)cc2)cc1. The Balaban J connectivity index is 1.56. The van der Waals surface area contributed by atoms with Crippen molar-refractivity contribution in [1.29, 1.82) is 0 Å². The molecule has 31 heavy (non-hydrogen) atoms. The lowest BCUT2D eigenvalue weighted by atomic mass is 10.1. The number of methoxy groups -OCH3 is 1. The van der Waals surface area contributed by atoms with E-state index in [0.29, 0.717) is 17.0 Å². The molecule has 1 atom stereocenters. The number of ether oxygens (including phenoxy) is 1. The number of benzene rings is 3. The van der Waals surface area contributed by atoms with Crippen LogP contribution in [-0.2, 0) is 16.4 Å². The fourth-order valence-electron chi connectivity index (χ4n) is 3.07. The maximum Gasteiger partial charge on any atom is 0.261 e. The largest absolute Gasteiger partial charge is 0.497 e. The van der Waals surface area contributed by atoms with E-state index in [-0.39, 0.29) is 16.8 Å². The summed E-state index contributed by atoms with van der Waals surface area (Å²) in [5, 5.41) is 2.98. The molecule has 0 spiro atoms. The predicted octanol–water partition coefficient (Wildman–Crippen LogP) is 4.25. The highest BCUT2D eigenvalue weighted by Crippen LogP contribution is 2.19. The topological polar surface area (TPSA) is 84.5 Å². The third-order valence-corrected chi connectivity index (χ3v) is 6.25. The van der Waals surface area contributed by atoms with Crippen LogP contribution in [0.15, 0.2) is 83.8 Å². The van der Waals surface area contributed by atoms with Gasteiger partial charge in [0.2, 0.25) is 0 Å². The van der Waals surface area contributed by atoms with E-state index in [1.165, 1.54) is 24.8 Å². The molecule has 7 heteroatoms. The molecule has 0 unspecified atom stereocenters. The number of carbonyl (C=O) groups excluding carboxylic acids is 1. The normalized spacial score (nSPS) is 12.1. The van der Waals surface area contributed by atoms with Gasteiger partial charge in [0.15, 0.2) is 0 Å². The molecular weight excluding hydrogens is 412 g/mol. The summed E-state index contributed by atoms with van der Waals surface area (Å²) in [5.74, 6) is 0.387. The predicted molar refractivity (Wildman–Crippen MR) is 122 cm³/mol. The Morgan fingerprint density at radius 1 is 0.935 bits per heavy atom. The molecule has 3 aromatic rings. The highest BCUT2D eigenvalue weighted by atomic mass is 32.2. The maximum atomic E-state index is 12.5. The van der Waals surface area contributed by atoms with Crippen LogP contribution in [0, 0.1) is 0 Å². The fraction of sp³-hybridized carbons (Fsp3) is 0.208. The zero-order chi connectivity index (χ0) is 22.3. The molecular formula is C24H26N2O4S. The van der Waals surface area contributed by atoms with Gasteiger partial charge >= 0.3 is 0 Å². The molecule has 3 rings (SSSR count). The third-order valence-electron chi connectivity index (χ3n) is 4.86. The Morgan fingerprint density at radius 2 is 1.58 bits per heavy atom. The Kier molecular flexibility index (Phi) is 7.31. The summed E-state index contributed by atoms with van der Waals surface area (Å²) in [4.78, 5) is 12.6. The monoisotopic (exact) mass is 438 g/mol. The average molecular weight is 439 g/mol. The Bertz CT molecular complexity index is 1100. The molecule has 2 N–H and O–H groups in total. The lowest BCUT2D eigenvalue weighted by Gasteiger charge is -2.14. The first-order valence-corrected chi connectivity index (χ1v) is 11.5. The molecule has 0 aliphatic rings. The first-order valence-electron chi connectivity index (χ1n) is 9.99. The zero-order valence-corrected chi connectivity index (χ0v) is 18.4. The minimum atomic E-state index is -3.73. The van der Waals surface area contributed by atoms with Crippen molar-refractivity contribution in [2.24, 2.45) is 0 Å². The van der Waals surface area contributed by atoms with Gasteiger partial charge in [0.05, 0.1) is 12.0 Å². The molecule has 3 aromatic carbocycles. The maximum absolute atomic E-state index is 12.5. The smallest absolute Gasteiger partial charge is 0.261 e. The van der Waals surface area contributed by atoms with Crippen molar-refractivity contribution in [1.82, 2.24) is 5.32 Å². The van der Waals surface area contributed by atoms with E-state index in [9.17, 15) is 13.2 Å². The number of hydrogen-bond donors (Lipinski definition) is 2. The average Bonchev–Trinajstić information content (AvgIpc) is 2.78. The van der Waals surface area contributed by atoms with Gasteiger partial charge in [-0.25, -0.2) is 8.42 Å². The summed E-state index contributed by atoms with van der Waals surface area (Å²) in [6.45, 7) is 1.97. The van der Waals surface area contributed by atoms with E-state index in [0.717, 1.165) is 12.8 Å². The van der Waals surface area contributed by atoms with E-state index >= 15 is 0 Å². The number of aryl methyl sites for hydroxylation is 1. The molecule has 0 fully saturated rings. The van der Waals surface area contributed by atoms with Crippen molar-refractivity contribution in [2.75, 3.05) is 11.8 Å². The van der Waals surface area contributed by atoms with Crippen LogP contribution in [0.1, 0.15) is 29.3 Å². The first kappa shape index (κ1) is 22.4. The lowest BCUT2D eigenvalue weighted by molar-refractivity contribution is 0.0938. The Hall–Kier alpha value is -3.32. The zero-order valence-electron chi connectivity index (χ0n) is 17.5. The van der Waals surface area contributed by atoms with Crippen molar-refractivity contribution >= 4 is 21.6 Å². The standard InChI is InChI=1S/C24H26N2O4S/c1-18(8-9-19-6-4-3-5-7-19)25-24(27)20-10-12-21(13-11-20)26-31(28,29)23-16-14-22(30-2)15-17-23/h3-7,10-18,26H,8-9H2,1-2H3,(H,25,27)/t18-/m0/s1. The third kappa shape index (κ3) is 6.33. The van der Waals surface area contributed by atoms with Gasteiger partial charge in [-0.05, 0) is 73.9 Å². The van der Waals surface area contributed by atoms with Crippen LogP contribution in [0.2, 0.25) is 0 Å². The van der Waals surface area contributed by atoms with Crippen LogP contribution in [0.4, 0.5) is 5.69 Å². The van der Waals surface area contributed by atoms with E-state index in [1.54, 1.807) is 36.4 Å². The second-order valence-electron chi connectivity index (χ2n) is 7.26. The second-order valence-corrected chi connectivity index (χ2v) is 8.94. The van der Waals surface area contributed by atoms with Gasteiger partial charge in [0, 0.05) is 17.3 Å². The highest BCUT2D eigenvalue weighted by Gasteiger charge is 2.15. The van der Waals surface area contributed by atoms with Crippen molar-refractivity contribution < 1.29 is 17.9 Å². The van der Waals surface area contributed by atoms with Crippen LogP contribution in [0.5, 0.6) is 5.75 Å². The number of sulfonamides is 1. The molecule has 6 nitrogen and oxygen atoms in total. The molecule has 0 radical (unpaired) electrons. The van der Waals surface area contributed by atoms with Gasteiger partial charge in [-0.15, -0.1) is 0 Å². The van der Waals surface area contributed by atoms with Crippen LogP contribution < -0.4 is 14.8 Å². The second kappa shape index (κ2) is 10.1. The summed E-state index contributed by atoms with van der Waals surface area (Å²) in [7, 11) is -2.21. The van der Waals surface area contributed by atoms with Gasteiger partial charge in [0.1, 0.15) is 5.75 Å². The van der Waals surface area contributed by atoms with Gasteiger partial charge < -0.3 is 10.1 Å². The summed E-state index contributed by atoms with van der Waals surface area (Å²) >= 11 is 0. The van der Waals surface area contributed by atoms with Crippen LogP contribution >= 0.6 is 0 Å². The molecule has 0 heterocycles. The minimum Gasteiger partial charge on any atom is -0.497 e. The molecule has 0 saturated carbocycles. The number of carbonyl (C=O) groups is 1. The van der Waals surface area contributed by atoms with Crippen molar-refractivity contribution in [2.45, 2.75) is 30.7 Å². The van der Waals surface area contributed by atoms with E-state index in [2.05, 4.69) is 22.2 Å². The van der Waals surface area contributed by atoms with Gasteiger partial charge in [-0.1, -0.05) is 30.3 Å². The van der Waals surface area contributed by atoms with Crippen LogP contribution in [-0.4, -0.2) is 27.5 Å². The minimum absolute atomic E-state index is 0.0148. The number of amides is 1. The number of rotatable bonds is 9. The van der Waals surface area contributed by atoms with E-state index < -0.39 is 10.0 Å². The van der Waals surface area contributed by atoms with Gasteiger partial charge in [-0.3, -0.25) is 9.52 Å². The first-order chi connectivity index (χ1) is 14.9. The molecule has 1 amide bonds. The molecule has 0 aliphatic heterocycles. The van der Waals surface area contributed by atoms with Crippen molar-refractivity contribution in [3.63, 3.8) is 0 Å². The summed E-state index contributed by atoms with van der Waals surface area (Å²) in [5.41, 5.74) is 2.08. The fourth-order valence-corrected chi connectivity index (χ4v) is 4.12. The Labute approximate surface area is 183 Å². The van der Waals surface area contributed by atoms with Crippen LogP contribution in [0.25, 0.3) is 0 Å². The van der Waals surface area contributed by atoms with E-state index in [4.69, 9.17) is 4.74 Å². The molecule has 0 aliphatic carbocycles. The number of hydrogen-bond acceptors (Lipinski definition) is 4. The summed E-state index contributed by atoms with van der Waals surface area (Å²) in [6.07, 6.45) is 1.71. The van der Waals surface area contributed by atoms with Gasteiger partial charge in [-0.2, -0.15) is 0 Å². The highest BCUT2D eigenvalue weighted by molar-refractivity contribution is 7.92. The lowest BCUT2D eigenvalue weighted by Crippen LogP contribution is -2.32.